The lowest BCUT2D eigenvalue weighted by Crippen LogP contribution is -2.31. The van der Waals surface area contributed by atoms with Crippen LogP contribution in [0.5, 0.6) is 0 Å². The van der Waals surface area contributed by atoms with E-state index in [1.54, 1.807) is 13.8 Å². The summed E-state index contributed by atoms with van der Waals surface area (Å²) in [7, 11) is 0. The molecule has 0 aliphatic heterocycles. The van der Waals surface area contributed by atoms with Crippen LogP contribution >= 0.6 is 0 Å². The summed E-state index contributed by atoms with van der Waals surface area (Å²) in [4.78, 5) is 11.7. The van der Waals surface area contributed by atoms with Crippen molar-refractivity contribution in [1.82, 2.24) is 5.32 Å². The van der Waals surface area contributed by atoms with Crippen molar-refractivity contribution >= 4 is 11.5 Å². The fourth-order valence-corrected chi connectivity index (χ4v) is 1.75. The third kappa shape index (κ3) is 5.59. The number of carbonyl (C=O) groups excluding carboxylic acids is 1. The highest BCUT2D eigenvalue weighted by molar-refractivity contribution is 5.94. The predicted molar refractivity (Wildman–Crippen MR) is 74.4 cm³/mol. The first kappa shape index (κ1) is 17.2. The third-order valence-corrected chi connectivity index (χ3v) is 2.97. The molecule has 1 amide bonds. The molecule has 1 rings (SSSR count). The van der Waals surface area contributed by atoms with Crippen molar-refractivity contribution in [3.63, 3.8) is 0 Å². The normalized spacial score (nSPS) is 13.9. The number of nitrogens with one attached hydrogen (secondary N) is 1. The first-order chi connectivity index (χ1) is 9.74. The molecule has 6 heteroatoms. The topological polar surface area (TPSA) is 49.3 Å². The van der Waals surface area contributed by atoms with Gasteiger partial charge in [0, 0.05) is 18.7 Å². The van der Waals surface area contributed by atoms with Gasteiger partial charge in [0.25, 0.3) is 0 Å². The number of alkyl halides is 3. The molecule has 1 aromatic rings. The lowest BCUT2D eigenvalue weighted by Gasteiger charge is -2.11. The van der Waals surface area contributed by atoms with Gasteiger partial charge in [0.05, 0.1) is 5.56 Å². The Morgan fingerprint density at radius 2 is 1.90 bits per heavy atom. The zero-order valence-electron chi connectivity index (χ0n) is 11.9. The number of hydrogen-bond donors (Lipinski definition) is 2. The van der Waals surface area contributed by atoms with Crippen molar-refractivity contribution < 1.29 is 23.1 Å². The maximum atomic E-state index is 12.4. The Kier molecular flexibility index (Phi) is 5.96. The fourth-order valence-electron chi connectivity index (χ4n) is 1.75. The number of aliphatic hydroxyl groups is 1. The maximum absolute atomic E-state index is 12.4. The zero-order valence-corrected chi connectivity index (χ0v) is 11.9. The minimum atomic E-state index is -4.37. The molecule has 0 fully saturated rings. The predicted octanol–water partition coefficient (Wildman–Crippen LogP) is 3.00. The van der Waals surface area contributed by atoms with Crippen molar-refractivity contribution in [2.45, 2.75) is 32.5 Å². The van der Waals surface area contributed by atoms with Crippen molar-refractivity contribution in [2.24, 2.45) is 0 Å². The van der Waals surface area contributed by atoms with E-state index in [9.17, 15) is 18.0 Å². The molecule has 0 heterocycles. The monoisotopic (exact) mass is 301 g/mol. The van der Waals surface area contributed by atoms with Crippen LogP contribution in [0, 0.1) is 0 Å². The van der Waals surface area contributed by atoms with E-state index in [0.717, 1.165) is 12.1 Å². The number of amides is 1. The van der Waals surface area contributed by atoms with Crippen LogP contribution in [0.2, 0.25) is 0 Å². The van der Waals surface area contributed by atoms with Gasteiger partial charge in [0.15, 0.2) is 0 Å². The first-order valence-electron chi connectivity index (χ1n) is 6.51. The van der Waals surface area contributed by atoms with E-state index < -0.39 is 11.7 Å². The summed E-state index contributed by atoms with van der Waals surface area (Å²) in [5, 5.41) is 11.4. The van der Waals surface area contributed by atoms with Gasteiger partial charge < -0.3 is 10.4 Å². The molecule has 116 valence electrons. The van der Waals surface area contributed by atoms with Crippen molar-refractivity contribution in [3.8, 4) is 0 Å². The zero-order chi connectivity index (χ0) is 16.0. The van der Waals surface area contributed by atoms with E-state index in [1.807, 2.05) is 0 Å². The Labute approximate surface area is 121 Å². The Morgan fingerprint density at radius 1 is 1.33 bits per heavy atom. The number of rotatable bonds is 5. The third-order valence-electron chi connectivity index (χ3n) is 2.97. The van der Waals surface area contributed by atoms with Gasteiger partial charge in [-0.1, -0.05) is 12.1 Å². The van der Waals surface area contributed by atoms with Crippen LogP contribution in [0.25, 0.3) is 5.57 Å². The average Bonchev–Trinajstić information content (AvgIpc) is 2.37. The number of aliphatic hydroxyl groups excluding tert-OH is 1. The fraction of sp³-hybridized carbons (Fsp3) is 0.400. The maximum Gasteiger partial charge on any atom is 0.416 e. The Hall–Kier alpha value is -1.82. The molecule has 0 saturated carbocycles. The van der Waals surface area contributed by atoms with Crippen LogP contribution in [0.1, 0.15) is 31.4 Å². The first-order valence-corrected chi connectivity index (χ1v) is 6.51. The van der Waals surface area contributed by atoms with Crippen LogP contribution < -0.4 is 5.32 Å². The molecule has 0 aromatic heterocycles. The van der Waals surface area contributed by atoms with E-state index in [2.05, 4.69) is 5.32 Å². The summed E-state index contributed by atoms with van der Waals surface area (Å²) in [5.41, 5.74) is 0.394. The molecule has 0 bridgehead atoms. The van der Waals surface area contributed by atoms with Crippen LogP contribution in [0.3, 0.4) is 0 Å². The SMILES string of the molecule is C/C(=C/C(=O)NC(C)CCO)c1ccc(C(F)(F)F)cc1. The molecule has 0 aliphatic carbocycles. The van der Waals surface area contributed by atoms with Gasteiger partial charge in [0.1, 0.15) is 0 Å². The standard InChI is InChI=1S/C15H18F3NO2/c1-10(9-14(21)19-11(2)7-8-20)12-3-5-13(6-4-12)15(16,17)18/h3-6,9,11,20H,7-8H2,1-2H3,(H,19,21)/b10-9-. The minimum Gasteiger partial charge on any atom is -0.396 e. The number of halogens is 3. The minimum absolute atomic E-state index is 0.0248. The van der Waals surface area contributed by atoms with Gasteiger partial charge in [0.2, 0.25) is 5.91 Å². The molecule has 0 aliphatic rings. The summed E-state index contributed by atoms with van der Waals surface area (Å²) in [6.45, 7) is 3.39. The number of benzene rings is 1. The van der Waals surface area contributed by atoms with Crippen molar-refractivity contribution in [2.75, 3.05) is 6.61 Å². The molecular formula is C15H18F3NO2. The van der Waals surface area contributed by atoms with Crippen molar-refractivity contribution in [1.29, 1.82) is 0 Å². The molecular weight excluding hydrogens is 283 g/mol. The highest BCUT2D eigenvalue weighted by Crippen LogP contribution is 2.29. The quantitative estimate of drug-likeness (QED) is 0.821. The molecule has 0 spiro atoms. The van der Waals surface area contributed by atoms with E-state index >= 15 is 0 Å². The highest BCUT2D eigenvalue weighted by Gasteiger charge is 2.29. The Morgan fingerprint density at radius 3 is 2.38 bits per heavy atom. The number of allylic oxidation sites excluding steroid dienone is 1. The molecule has 1 atom stereocenters. The van der Waals surface area contributed by atoms with Gasteiger partial charge in [-0.05, 0) is 43.5 Å². The second-order valence-corrected chi connectivity index (χ2v) is 4.82. The molecule has 21 heavy (non-hydrogen) atoms. The lowest BCUT2D eigenvalue weighted by atomic mass is 10.0. The van der Waals surface area contributed by atoms with Gasteiger partial charge in [-0.25, -0.2) is 0 Å². The van der Waals surface area contributed by atoms with Crippen LogP contribution in [-0.4, -0.2) is 23.7 Å². The molecule has 3 nitrogen and oxygen atoms in total. The van der Waals surface area contributed by atoms with E-state index in [0.29, 0.717) is 17.6 Å². The second kappa shape index (κ2) is 7.26. The highest BCUT2D eigenvalue weighted by atomic mass is 19.4. The molecule has 2 N–H and O–H groups in total. The average molecular weight is 301 g/mol. The number of carbonyl (C=O) groups is 1. The van der Waals surface area contributed by atoms with Gasteiger partial charge in [-0.15, -0.1) is 0 Å². The summed E-state index contributed by atoms with van der Waals surface area (Å²) in [6.07, 6.45) is -2.59. The van der Waals surface area contributed by atoms with Crippen LogP contribution in [0.15, 0.2) is 30.3 Å². The van der Waals surface area contributed by atoms with E-state index in [1.165, 1.54) is 18.2 Å². The Balaban J connectivity index is 2.76. The molecule has 0 saturated heterocycles. The molecule has 0 radical (unpaired) electrons. The van der Waals surface area contributed by atoms with Crippen LogP contribution in [0.4, 0.5) is 13.2 Å². The largest absolute Gasteiger partial charge is 0.416 e. The van der Waals surface area contributed by atoms with Gasteiger partial charge >= 0.3 is 6.18 Å². The number of hydrogen-bond acceptors (Lipinski definition) is 2. The summed E-state index contributed by atoms with van der Waals surface area (Å²) in [5.74, 6) is -0.339. The van der Waals surface area contributed by atoms with E-state index in [-0.39, 0.29) is 18.6 Å². The molecule has 1 unspecified atom stereocenters. The van der Waals surface area contributed by atoms with Crippen molar-refractivity contribution in [3.05, 3.63) is 41.5 Å². The van der Waals surface area contributed by atoms with E-state index in [4.69, 9.17) is 5.11 Å². The molecule has 1 aromatic carbocycles. The van der Waals surface area contributed by atoms with Gasteiger partial charge in [-0.3, -0.25) is 4.79 Å². The lowest BCUT2D eigenvalue weighted by molar-refractivity contribution is -0.137. The van der Waals surface area contributed by atoms with Crippen LogP contribution in [-0.2, 0) is 11.0 Å². The summed E-state index contributed by atoms with van der Waals surface area (Å²) >= 11 is 0. The smallest absolute Gasteiger partial charge is 0.396 e. The van der Waals surface area contributed by atoms with Gasteiger partial charge in [-0.2, -0.15) is 13.2 Å². The summed E-state index contributed by atoms with van der Waals surface area (Å²) < 4.78 is 37.3. The second-order valence-electron chi connectivity index (χ2n) is 4.82. The Bertz CT molecular complexity index is 507. The summed E-state index contributed by atoms with van der Waals surface area (Å²) in [6, 6.07) is 4.47.